The lowest BCUT2D eigenvalue weighted by Crippen LogP contribution is -2.03. The summed E-state index contributed by atoms with van der Waals surface area (Å²) >= 11 is 0. The van der Waals surface area contributed by atoms with Crippen molar-refractivity contribution in [2.24, 2.45) is 0 Å². The van der Waals surface area contributed by atoms with Gasteiger partial charge in [0.1, 0.15) is 5.69 Å². The molecule has 0 fully saturated rings. The number of carbonyl (C=O) groups excluding carboxylic acids is 1. The summed E-state index contributed by atoms with van der Waals surface area (Å²) in [5, 5.41) is 8.74. The standard InChI is InChI=1S/C13H11NO3/c1-8-2-4-9(5-3-8)12(15)10-6-7-11(14-10)13(16)17/h2-7,14H,1H3,(H,16,17). The average Bonchev–Trinajstić information content (AvgIpc) is 2.78. The number of hydrogen-bond acceptors (Lipinski definition) is 2. The number of aromatic amines is 1. The summed E-state index contributed by atoms with van der Waals surface area (Å²) in [5.74, 6) is -1.29. The molecule has 2 aromatic rings. The quantitative estimate of drug-likeness (QED) is 0.793. The molecule has 0 amide bonds. The van der Waals surface area contributed by atoms with Crippen LogP contribution in [0.25, 0.3) is 0 Å². The number of aromatic nitrogens is 1. The Balaban J connectivity index is 2.30. The Morgan fingerprint density at radius 2 is 1.59 bits per heavy atom. The number of carboxylic acid groups (broad SMARTS) is 1. The zero-order chi connectivity index (χ0) is 12.4. The molecule has 1 aromatic carbocycles. The fraction of sp³-hybridized carbons (Fsp3) is 0.0769. The topological polar surface area (TPSA) is 70.2 Å². The van der Waals surface area contributed by atoms with Crippen molar-refractivity contribution in [3.8, 4) is 0 Å². The van der Waals surface area contributed by atoms with Gasteiger partial charge in [-0.25, -0.2) is 4.79 Å². The Bertz CT molecular complexity index is 567. The van der Waals surface area contributed by atoms with Crippen molar-refractivity contribution < 1.29 is 14.7 Å². The Kier molecular flexibility index (Phi) is 2.78. The molecule has 0 aliphatic heterocycles. The van der Waals surface area contributed by atoms with Crippen LogP contribution in [0.3, 0.4) is 0 Å². The molecular formula is C13H11NO3. The number of aryl methyl sites for hydroxylation is 1. The lowest BCUT2D eigenvalue weighted by molar-refractivity contribution is 0.0691. The molecule has 0 bridgehead atoms. The highest BCUT2D eigenvalue weighted by Gasteiger charge is 2.13. The first-order valence-electron chi connectivity index (χ1n) is 5.11. The smallest absolute Gasteiger partial charge is 0.352 e. The number of H-pyrrole nitrogens is 1. The molecule has 4 heteroatoms. The van der Waals surface area contributed by atoms with Crippen LogP contribution in [-0.2, 0) is 0 Å². The van der Waals surface area contributed by atoms with Crippen molar-refractivity contribution in [3.05, 3.63) is 58.9 Å². The Hall–Kier alpha value is -2.36. The van der Waals surface area contributed by atoms with Gasteiger partial charge in [-0.3, -0.25) is 4.79 Å². The minimum absolute atomic E-state index is 0.0143. The van der Waals surface area contributed by atoms with E-state index in [-0.39, 0.29) is 17.2 Å². The molecule has 4 nitrogen and oxygen atoms in total. The lowest BCUT2D eigenvalue weighted by Gasteiger charge is -1.99. The summed E-state index contributed by atoms with van der Waals surface area (Å²) in [6.45, 7) is 1.94. The molecule has 0 saturated carbocycles. The molecule has 1 aromatic heterocycles. The van der Waals surface area contributed by atoms with Crippen molar-refractivity contribution in [1.82, 2.24) is 4.98 Å². The summed E-state index contributed by atoms with van der Waals surface area (Å²) in [5.41, 5.74) is 1.90. The Morgan fingerprint density at radius 3 is 2.12 bits per heavy atom. The van der Waals surface area contributed by atoms with Gasteiger partial charge in [0, 0.05) is 5.56 Å². The number of rotatable bonds is 3. The first kappa shape index (κ1) is 11.1. The van der Waals surface area contributed by atoms with E-state index in [1.807, 2.05) is 19.1 Å². The van der Waals surface area contributed by atoms with Crippen LogP contribution in [0.15, 0.2) is 36.4 Å². The predicted octanol–water partition coefficient (Wildman–Crippen LogP) is 2.25. The zero-order valence-electron chi connectivity index (χ0n) is 9.23. The van der Waals surface area contributed by atoms with Gasteiger partial charge in [0.05, 0.1) is 5.69 Å². The van der Waals surface area contributed by atoms with E-state index in [2.05, 4.69) is 4.98 Å². The summed E-state index contributed by atoms with van der Waals surface area (Å²) < 4.78 is 0. The second-order valence-electron chi connectivity index (χ2n) is 3.79. The number of carboxylic acids is 1. The fourth-order valence-corrected chi connectivity index (χ4v) is 1.51. The SMILES string of the molecule is Cc1ccc(C(=O)c2ccc(C(=O)O)[nH]2)cc1. The third kappa shape index (κ3) is 2.25. The monoisotopic (exact) mass is 229 g/mol. The molecule has 0 unspecified atom stereocenters. The van der Waals surface area contributed by atoms with Crippen molar-refractivity contribution in [3.63, 3.8) is 0 Å². The van der Waals surface area contributed by atoms with Gasteiger partial charge in [-0.15, -0.1) is 0 Å². The molecule has 86 valence electrons. The van der Waals surface area contributed by atoms with E-state index < -0.39 is 5.97 Å². The Morgan fingerprint density at radius 1 is 1.00 bits per heavy atom. The lowest BCUT2D eigenvalue weighted by atomic mass is 10.1. The summed E-state index contributed by atoms with van der Waals surface area (Å²) in [6, 6.07) is 9.98. The number of benzene rings is 1. The molecule has 0 aliphatic rings. The molecule has 0 saturated heterocycles. The maximum absolute atomic E-state index is 12.0. The molecule has 0 atom stereocenters. The maximum Gasteiger partial charge on any atom is 0.352 e. The van der Waals surface area contributed by atoms with Gasteiger partial charge in [-0.2, -0.15) is 0 Å². The summed E-state index contributed by atoms with van der Waals surface area (Å²) in [7, 11) is 0. The van der Waals surface area contributed by atoms with Gasteiger partial charge in [-0.1, -0.05) is 29.8 Å². The largest absolute Gasteiger partial charge is 0.477 e. The van der Waals surface area contributed by atoms with Crippen LogP contribution >= 0.6 is 0 Å². The molecule has 0 radical (unpaired) electrons. The molecule has 0 aliphatic carbocycles. The number of hydrogen-bond donors (Lipinski definition) is 2. The highest BCUT2D eigenvalue weighted by molar-refractivity contribution is 6.08. The van der Waals surface area contributed by atoms with E-state index >= 15 is 0 Å². The van der Waals surface area contributed by atoms with E-state index in [4.69, 9.17) is 5.11 Å². The normalized spacial score (nSPS) is 10.2. The summed E-state index contributed by atoms with van der Waals surface area (Å²) in [4.78, 5) is 25.2. The van der Waals surface area contributed by atoms with Crippen LogP contribution < -0.4 is 0 Å². The van der Waals surface area contributed by atoms with Crippen LogP contribution in [0.4, 0.5) is 0 Å². The van der Waals surface area contributed by atoms with E-state index in [0.717, 1.165) is 5.56 Å². The minimum Gasteiger partial charge on any atom is -0.477 e. The second kappa shape index (κ2) is 4.25. The molecule has 0 spiro atoms. The van der Waals surface area contributed by atoms with Gasteiger partial charge in [0.2, 0.25) is 5.78 Å². The number of aromatic carboxylic acids is 1. The van der Waals surface area contributed by atoms with E-state index in [0.29, 0.717) is 5.56 Å². The van der Waals surface area contributed by atoms with Crippen LogP contribution in [-0.4, -0.2) is 21.8 Å². The number of ketones is 1. The van der Waals surface area contributed by atoms with E-state index in [1.54, 1.807) is 12.1 Å². The van der Waals surface area contributed by atoms with Gasteiger partial charge in [0.25, 0.3) is 0 Å². The highest BCUT2D eigenvalue weighted by atomic mass is 16.4. The molecular weight excluding hydrogens is 218 g/mol. The van der Waals surface area contributed by atoms with Gasteiger partial charge >= 0.3 is 5.97 Å². The van der Waals surface area contributed by atoms with Crippen molar-refractivity contribution in [2.45, 2.75) is 6.92 Å². The molecule has 2 N–H and O–H groups in total. The minimum atomic E-state index is -1.08. The van der Waals surface area contributed by atoms with Gasteiger partial charge in [-0.05, 0) is 19.1 Å². The van der Waals surface area contributed by atoms with Crippen LogP contribution in [0.5, 0.6) is 0 Å². The van der Waals surface area contributed by atoms with Crippen molar-refractivity contribution >= 4 is 11.8 Å². The summed E-state index contributed by atoms with van der Waals surface area (Å²) in [6.07, 6.45) is 0. The third-order valence-electron chi connectivity index (χ3n) is 2.47. The average molecular weight is 229 g/mol. The van der Waals surface area contributed by atoms with Crippen LogP contribution in [0.2, 0.25) is 0 Å². The first-order valence-corrected chi connectivity index (χ1v) is 5.11. The molecule has 17 heavy (non-hydrogen) atoms. The fourth-order valence-electron chi connectivity index (χ4n) is 1.51. The van der Waals surface area contributed by atoms with Gasteiger partial charge in [0.15, 0.2) is 0 Å². The van der Waals surface area contributed by atoms with Gasteiger partial charge < -0.3 is 10.1 Å². The molecule has 1 heterocycles. The predicted molar refractivity (Wildman–Crippen MR) is 62.4 cm³/mol. The van der Waals surface area contributed by atoms with Crippen molar-refractivity contribution in [1.29, 1.82) is 0 Å². The van der Waals surface area contributed by atoms with Crippen LogP contribution in [0.1, 0.15) is 32.1 Å². The highest BCUT2D eigenvalue weighted by Crippen LogP contribution is 2.11. The second-order valence-corrected chi connectivity index (χ2v) is 3.79. The van der Waals surface area contributed by atoms with Crippen molar-refractivity contribution in [2.75, 3.05) is 0 Å². The Labute approximate surface area is 97.9 Å². The van der Waals surface area contributed by atoms with E-state index in [9.17, 15) is 9.59 Å². The first-order chi connectivity index (χ1) is 8.08. The number of carbonyl (C=O) groups is 2. The zero-order valence-corrected chi connectivity index (χ0v) is 9.23. The maximum atomic E-state index is 12.0. The van der Waals surface area contributed by atoms with E-state index in [1.165, 1.54) is 12.1 Å². The number of nitrogens with one attached hydrogen (secondary N) is 1. The van der Waals surface area contributed by atoms with Crippen LogP contribution in [0, 0.1) is 6.92 Å². The molecule has 2 rings (SSSR count). The third-order valence-corrected chi connectivity index (χ3v) is 2.47.